The Kier molecular flexibility index (Phi) is 12.5. The van der Waals surface area contributed by atoms with E-state index in [-0.39, 0.29) is 11.3 Å². The van der Waals surface area contributed by atoms with Crippen LogP contribution < -0.4 is 10.1 Å². The van der Waals surface area contributed by atoms with Crippen LogP contribution in [0.15, 0.2) is 64.6 Å². The molecule has 1 heterocycles. The number of phenolic OH excluding ortho intramolecular Hbond substituents is 1. The number of hydrogen-bond acceptors (Lipinski definition) is 7. The highest BCUT2D eigenvalue weighted by molar-refractivity contribution is 7.99. The number of aryl methyl sites for hydroxylation is 1. The molecule has 4 rings (SSSR count). The van der Waals surface area contributed by atoms with Crippen molar-refractivity contribution < 1.29 is 14.6 Å². The Labute approximate surface area is 253 Å². The highest BCUT2D eigenvalue weighted by Gasteiger charge is 2.20. The molecule has 42 heavy (non-hydrogen) atoms. The number of nitrogens with one attached hydrogen (secondary N) is 1. The number of rotatable bonds is 18. The Morgan fingerprint density at radius 1 is 0.881 bits per heavy atom. The van der Waals surface area contributed by atoms with E-state index in [1.165, 1.54) is 76.0 Å². The first-order valence-corrected chi connectivity index (χ1v) is 16.1. The maximum atomic E-state index is 13.5. The van der Waals surface area contributed by atoms with Gasteiger partial charge >= 0.3 is 0 Å². The number of tetrazole rings is 1. The molecular formula is C33H43N5O3S. The summed E-state index contributed by atoms with van der Waals surface area (Å²) in [5, 5.41) is 27.6. The highest BCUT2D eigenvalue weighted by atomic mass is 32.2. The first-order valence-electron chi connectivity index (χ1n) is 15.3. The molecule has 0 unspecified atom stereocenters. The van der Waals surface area contributed by atoms with Gasteiger partial charge in [0, 0.05) is 17.3 Å². The molecule has 2 N–H and O–H groups in total. The van der Waals surface area contributed by atoms with Crippen molar-refractivity contribution in [2.24, 2.45) is 7.05 Å². The summed E-state index contributed by atoms with van der Waals surface area (Å²) < 4.78 is 7.63. The predicted molar refractivity (Wildman–Crippen MR) is 170 cm³/mol. The molecule has 9 heteroatoms. The molecule has 224 valence electrons. The number of carbonyl (C=O) groups is 1. The van der Waals surface area contributed by atoms with Gasteiger partial charge in [0.2, 0.25) is 5.16 Å². The molecule has 8 nitrogen and oxygen atoms in total. The lowest BCUT2D eigenvalue weighted by molar-refractivity contribution is 0.102. The molecule has 0 aliphatic rings. The normalized spacial score (nSPS) is 11.2. The largest absolute Gasteiger partial charge is 0.506 e. The lowest BCUT2D eigenvalue weighted by Crippen LogP contribution is -2.14. The van der Waals surface area contributed by atoms with Gasteiger partial charge in [0.1, 0.15) is 11.5 Å². The van der Waals surface area contributed by atoms with Crippen molar-refractivity contribution in [3.8, 4) is 11.5 Å². The topological polar surface area (TPSA) is 102 Å². The fourth-order valence-corrected chi connectivity index (χ4v) is 5.91. The second-order valence-corrected chi connectivity index (χ2v) is 11.7. The number of aromatic nitrogens is 4. The Hall–Kier alpha value is -3.59. The minimum atomic E-state index is -0.419. The Morgan fingerprint density at radius 2 is 1.50 bits per heavy atom. The van der Waals surface area contributed by atoms with E-state index in [1.807, 2.05) is 42.5 Å². The minimum absolute atomic E-state index is 0.0709. The van der Waals surface area contributed by atoms with E-state index in [0.717, 1.165) is 23.1 Å². The van der Waals surface area contributed by atoms with Gasteiger partial charge in [0.25, 0.3) is 5.91 Å². The summed E-state index contributed by atoms with van der Waals surface area (Å²) in [6.07, 6.45) is 15.5. The van der Waals surface area contributed by atoms with Crippen LogP contribution in [0.4, 0.5) is 5.69 Å². The van der Waals surface area contributed by atoms with E-state index < -0.39 is 5.91 Å². The predicted octanol–water partition coefficient (Wildman–Crippen LogP) is 8.55. The van der Waals surface area contributed by atoms with Gasteiger partial charge in [-0.25, -0.2) is 4.68 Å². The monoisotopic (exact) mass is 589 g/mol. The second kappa shape index (κ2) is 16.8. The van der Waals surface area contributed by atoms with E-state index in [4.69, 9.17) is 4.74 Å². The van der Waals surface area contributed by atoms with Crippen LogP contribution in [0.1, 0.15) is 94.3 Å². The molecule has 0 radical (unpaired) electrons. The van der Waals surface area contributed by atoms with Crippen molar-refractivity contribution >= 4 is 34.1 Å². The van der Waals surface area contributed by atoms with Gasteiger partial charge in [-0.15, -0.1) is 5.10 Å². The number of para-hydroxylation sites is 2. The van der Waals surface area contributed by atoms with E-state index >= 15 is 0 Å². The maximum absolute atomic E-state index is 13.5. The number of benzene rings is 3. The molecule has 0 spiro atoms. The molecule has 0 bridgehead atoms. The third-order valence-electron chi connectivity index (χ3n) is 7.40. The zero-order valence-electron chi connectivity index (χ0n) is 24.8. The van der Waals surface area contributed by atoms with Crippen LogP contribution in [0, 0.1) is 0 Å². The first kappa shape index (κ1) is 31.3. The van der Waals surface area contributed by atoms with Crippen molar-refractivity contribution in [1.82, 2.24) is 20.2 Å². The van der Waals surface area contributed by atoms with Crippen LogP contribution in [0.25, 0.3) is 10.8 Å². The SMILES string of the molecule is CCCCCCCCCCCCCCOc1ccccc1NC(=O)c1cc(Sc2nnnn2C)c2ccccc2c1O. The average molecular weight is 590 g/mol. The van der Waals surface area contributed by atoms with Crippen molar-refractivity contribution in [2.45, 2.75) is 94.0 Å². The maximum Gasteiger partial charge on any atom is 0.259 e. The molecule has 0 atom stereocenters. The number of hydrogen-bond donors (Lipinski definition) is 2. The third kappa shape index (κ3) is 8.95. The number of unbranched alkanes of at least 4 members (excludes halogenated alkanes) is 11. The molecule has 0 aliphatic carbocycles. The fraction of sp³-hybridized carbons (Fsp3) is 0.455. The molecule has 0 fully saturated rings. The summed E-state index contributed by atoms with van der Waals surface area (Å²) in [6.45, 7) is 2.86. The quantitative estimate of drug-likeness (QED) is 0.112. The van der Waals surface area contributed by atoms with Gasteiger partial charge in [-0.1, -0.05) is 114 Å². The molecule has 0 saturated carbocycles. The number of amides is 1. The lowest BCUT2D eigenvalue weighted by atomic mass is 10.0. The van der Waals surface area contributed by atoms with E-state index in [9.17, 15) is 9.90 Å². The number of aromatic hydroxyl groups is 1. The van der Waals surface area contributed by atoms with Crippen LogP contribution in [-0.2, 0) is 7.05 Å². The van der Waals surface area contributed by atoms with Crippen LogP contribution in [-0.4, -0.2) is 37.8 Å². The summed E-state index contributed by atoms with van der Waals surface area (Å²) in [5.74, 6) is 0.130. The van der Waals surface area contributed by atoms with Crippen LogP contribution in [0.5, 0.6) is 11.5 Å². The highest BCUT2D eigenvalue weighted by Crippen LogP contribution is 2.39. The molecular weight excluding hydrogens is 546 g/mol. The fourth-order valence-electron chi connectivity index (χ4n) is 5.00. The van der Waals surface area contributed by atoms with Crippen LogP contribution >= 0.6 is 11.8 Å². The number of phenols is 1. The molecule has 0 saturated heterocycles. The Bertz CT molecular complexity index is 1420. The Balaban J connectivity index is 1.30. The van der Waals surface area contributed by atoms with Crippen LogP contribution in [0.2, 0.25) is 0 Å². The van der Waals surface area contributed by atoms with Crippen molar-refractivity contribution in [1.29, 1.82) is 0 Å². The zero-order chi connectivity index (χ0) is 29.6. The number of nitrogens with zero attached hydrogens (tertiary/aromatic N) is 4. The second-order valence-electron chi connectivity index (χ2n) is 10.7. The summed E-state index contributed by atoms with van der Waals surface area (Å²) in [4.78, 5) is 14.2. The first-order chi connectivity index (χ1) is 20.6. The minimum Gasteiger partial charge on any atom is -0.506 e. The van der Waals surface area contributed by atoms with Crippen LogP contribution in [0.3, 0.4) is 0 Å². The van der Waals surface area contributed by atoms with Crippen molar-refractivity contribution in [3.63, 3.8) is 0 Å². The summed E-state index contributed by atoms with van der Waals surface area (Å²) >= 11 is 1.34. The lowest BCUT2D eigenvalue weighted by Gasteiger charge is -2.15. The van der Waals surface area contributed by atoms with E-state index in [0.29, 0.717) is 28.6 Å². The Morgan fingerprint density at radius 3 is 2.17 bits per heavy atom. The van der Waals surface area contributed by atoms with Gasteiger partial charge in [-0.05, 0) is 52.2 Å². The van der Waals surface area contributed by atoms with Crippen molar-refractivity contribution in [3.05, 3.63) is 60.2 Å². The molecule has 0 aliphatic heterocycles. The number of fused-ring (bicyclic) bond motifs is 1. The number of anilines is 1. The zero-order valence-corrected chi connectivity index (χ0v) is 25.7. The van der Waals surface area contributed by atoms with Crippen molar-refractivity contribution in [2.75, 3.05) is 11.9 Å². The third-order valence-corrected chi connectivity index (χ3v) is 8.48. The van der Waals surface area contributed by atoms with E-state index in [2.05, 4.69) is 27.8 Å². The summed E-state index contributed by atoms with van der Waals surface area (Å²) in [5.41, 5.74) is 0.739. The molecule has 1 aromatic heterocycles. The van der Waals surface area contributed by atoms with Gasteiger partial charge in [-0.2, -0.15) is 0 Å². The number of ether oxygens (including phenoxy) is 1. The molecule has 3 aromatic carbocycles. The summed E-state index contributed by atoms with van der Waals surface area (Å²) in [6, 6.07) is 16.5. The molecule has 1 amide bonds. The molecule has 4 aromatic rings. The average Bonchev–Trinajstić information content (AvgIpc) is 3.41. The summed E-state index contributed by atoms with van der Waals surface area (Å²) in [7, 11) is 1.76. The van der Waals surface area contributed by atoms with Gasteiger partial charge < -0.3 is 15.2 Å². The van der Waals surface area contributed by atoms with E-state index in [1.54, 1.807) is 23.9 Å². The van der Waals surface area contributed by atoms with Gasteiger partial charge in [0.05, 0.1) is 17.9 Å². The number of carbonyl (C=O) groups excluding carboxylic acids is 1. The smallest absolute Gasteiger partial charge is 0.259 e. The van der Waals surface area contributed by atoms with Gasteiger partial charge in [-0.3, -0.25) is 4.79 Å². The van der Waals surface area contributed by atoms with Gasteiger partial charge in [0.15, 0.2) is 0 Å². The standard InChI is InChI=1S/C33H43N5O3S/c1-3-4-5-6-7-8-9-10-11-12-13-18-23-41-29-22-17-16-21-28(29)34-32(40)27-24-30(42-33-35-36-37-38(33)2)25-19-14-15-20-26(25)31(27)39/h14-17,19-22,24,39H,3-13,18,23H2,1-2H3,(H,34,40).